The Morgan fingerprint density at radius 3 is 2.09 bits per heavy atom. The number of H-pyrrole nitrogens is 1. The van der Waals surface area contributed by atoms with Crippen molar-refractivity contribution in [1.82, 2.24) is 4.98 Å². The van der Waals surface area contributed by atoms with E-state index in [4.69, 9.17) is 4.74 Å². The van der Waals surface area contributed by atoms with E-state index in [1.165, 1.54) is 20.9 Å². The third-order valence-corrected chi connectivity index (χ3v) is 7.10. The topological polar surface area (TPSA) is 25.0 Å². The summed E-state index contributed by atoms with van der Waals surface area (Å²) in [7, 11) is 1.70. The summed E-state index contributed by atoms with van der Waals surface area (Å²) in [6.45, 7) is 0. The van der Waals surface area contributed by atoms with Crippen LogP contribution in [0.3, 0.4) is 0 Å². The molecule has 0 spiro atoms. The lowest BCUT2D eigenvalue weighted by Gasteiger charge is -2.27. The van der Waals surface area contributed by atoms with Gasteiger partial charge in [0.1, 0.15) is 9.83 Å². The third-order valence-electron chi connectivity index (χ3n) is 3.80. The molecule has 4 heteroatoms. The van der Waals surface area contributed by atoms with Gasteiger partial charge in [-0.05, 0) is 35.9 Å². The van der Waals surface area contributed by atoms with Crippen LogP contribution in [0.15, 0.2) is 76.8 Å². The van der Waals surface area contributed by atoms with Gasteiger partial charge in [-0.15, -0.1) is 0 Å². The molecule has 0 bridgehead atoms. The summed E-state index contributed by atoms with van der Waals surface area (Å²) in [5.41, 5.74) is 2.56. The number of hydrogen-bond acceptors (Lipinski definition) is 3. The Kier molecular flexibility index (Phi) is 3.43. The van der Waals surface area contributed by atoms with Crippen LogP contribution in [0.5, 0.6) is 5.75 Å². The van der Waals surface area contributed by atoms with Crippen LogP contribution in [0.4, 0.5) is 0 Å². The van der Waals surface area contributed by atoms with Crippen molar-refractivity contribution >= 4 is 23.5 Å². The number of fused-ring (bicyclic) bond motifs is 1. The van der Waals surface area contributed by atoms with Crippen molar-refractivity contribution in [2.24, 2.45) is 0 Å². The molecular weight excluding hydrogens is 310 g/mol. The molecule has 0 radical (unpaired) electrons. The predicted octanol–water partition coefficient (Wildman–Crippen LogP) is 5.12. The second-order valence-electron chi connectivity index (χ2n) is 5.10. The number of methoxy groups -OCH3 is 1. The second kappa shape index (κ2) is 5.45. The Balaban J connectivity index is 1.84. The van der Waals surface area contributed by atoms with Crippen molar-refractivity contribution in [2.75, 3.05) is 7.11 Å². The first-order valence-corrected chi connectivity index (χ1v) is 8.70. The minimum absolute atomic E-state index is 0.143. The molecule has 1 aromatic heterocycles. The highest BCUT2D eigenvalue weighted by atomic mass is 32.2. The largest absolute Gasteiger partial charge is 0.497 e. The highest BCUT2D eigenvalue weighted by Gasteiger charge is 2.42. The molecule has 2 heterocycles. The van der Waals surface area contributed by atoms with Crippen molar-refractivity contribution in [2.45, 2.75) is 13.9 Å². The van der Waals surface area contributed by atoms with Crippen LogP contribution >= 0.6 is 23.5 Å². The van der Waals surface area contributed by atoms with Gasteiger partial charge in [-0.1, -0.05) is 47.8 Å². The van der Waals surface area contributed by atoms with E-state index < -0.39 is 0 Å². The molecule has 110 valence electrons. The zero-order valence-electron chi connectivity index (χ0n) is 12.1. The van der Waals surface area contributed by atoms with E-state index in [2.05, 4.69) is 53.6 Å². The van der Waals surface area contributed by atoms with E-state index in [0.717, 1.165) is 5.75 Å². The summed E-state index contributed by atoms with van der Waals surface area (Å²) in [5.74, 6) is 0.887. The lowest BCUT2D eigenvalue weighted by Crippen LogP contribution is -2.15. The Labute approximate surface area is 138 Å². The first-order valence-electron chi connectivity index (χ1n) is 7.07. The van der Waals surface area contributed by atoms with Crippen LogP contribution in [-0.4, -0.2) is 12.1 Å². The third kappa shape index (κ3) is 2.14. The average Bonchev–Trinajstić information content (AvgIpc) is 3.22. The number of thioether (sulfide) groups is 2. The zero-order chi connectivity index (χ0) is 15.0. The summed E-state index contributed by atoms with van der Waals surface area (Å²) in [6.07, 6.45) is 4.08. The van der Waals surface area contributed by atoms with E-state index in [0.29, 0.717) is 0 Å². The van der Waals surface area contributed by atoms with Gasteiger partial charge in [0, 0.05) is 27.7 Å². The number of aromatic amines is 1. The number of benzene rings is 2. The summed E-state index contributed by atoms with van der Waals surface area (Å²) in [4.78, 5) is 5.87. The maximum Gasteiger partial charge on any atom is 0.122 e. The first kappa shape index (κ1) is 13.9. The van der Waals surface area contributed by atoms with Crippen molar-refractivity contribution in [1.29, 1.82) is 0 Å². The van der Waals surface area contributed by atoms with E-state index >= 15 is 0 Å². The maximum absolute atomic E-state index is 5.30. The monoisotopic (exact) mass is 325 g/mol. The van der Waals surface area contributed by atoms with Crippen molar-refractivity contribution < 1.29 is 4.74 Å². The Morgan fingerprint density at radius 1 is 0.864 bits per heavy atom. The molecule has 2 nitrogen and oxygen atoms in total. The smallest absolute Gasteiger partial charge is 0.122 e. The highest BCUT2D eigenvalue weighted by Crippen LogP contribution is 2.64. The van der Waals surface area contributed by atoms with Crippen LogP contribution < -0.4 is 4.74 Å². The van der Waals surface area contributed by atoms with Gasteiger partial charge in [-0.2, -0.15) is 0 Å². The minimum Gasteiger partial charge on any atom is -0.497 e. The Bertz CT molecular complexity index is 756. The average molecular weight is 325 g/mol. The lowest BCUT2D eigenvalue weighted by atomic mass is 10.1. The molecule has 22 heavy (non-hydrogen) atoms. The second-order valence-corrected chi connectivity index (χ2v) is 7.87. The first-order chi connectivity index (χ1) is 10.8. The standard InChI is InChI=1S/C18H15NOS2/c1-20-15-8-6-13(7-9-15)18(14-10-11-19-12-14)21-16-4-2-3-5-17(16)22-18/h2-12,19H,1H3. The molecule has 4 rings (SSSR count). The minimum atomic E-state index is -0.143. The van der Waals surface area contributed by atoms with E-state index in [9.17, 15) is 0 Å². The molecule has 2 aromatic carbocycles. The maximum atomic E-state index is 5.30. The van der Waals surface area contributed by atoms with Crippen LogP contribution in [-0.2, 0) is 4.08 Å². The molecular formula is C18H15NOS2. The van der Waals surface area contributed by atoms with Crippen molar-refractivity contribution in [3.05, 3.63) is 78.1 Å². The molecule has 0 saturated heterocycles. The van der Waals surface area contributed by atoms with Gasteiger partial charge in [0.2, 0.25) is 0 Å². The normalized spacial score (nSPS) is 15.5. The molecule has 1 aliphatic rings. The fourth-order valence-electron chi connectivity index (χ4n) is 2.69. The van der Waals surface area contributed by atoms with Gasteiger partial charge in [0.05, 0.1) is 7.11 Å². The van der Waals surface area contributed by atoms with Crippen molar-refractivity contribution in [3.8, 4) is 5.75 Å². The van der Waals surface area contributed by atoms with Gasteiger partial charge in [0.25, 0.3) is 0 Å². The Hall–Kier alpha value is -1.78. The SMILES string of the molecule is COc1ccc(C2(c3cc[nH]c3)Sc3ccccc3S2)cc1. The van der Waals surface area contributed by atoms with Gasteiger partial charge in [0.15, 0.2) is 0 Å². The molecule has 3 aromatic rings. The molecule has 0 saturated carbocycles. The van der Waals surface area contributed by atoms with E-state index in [1.54, 1.807) is 7.11 Å². The van der Waals surface area contributed by atoms with Gasteiger partial charge in [-0.3, -0.25) is 0 Å². The molecule has 1 N–H and O–H groups in total. The summed E-state index contributed by atoms with van der Waals surface area (Å²) in [5, 5.41) is 0. The number of rotatable bonds is 3. The number of ether oxygens (including phenoxy) is 1. The highest BCUT2D eigenvalue weighted by molar-refractivity contribution is 8.20. The summed E-state index contributed by atoms with van der Waals surface area (Å²) in [6, 6.07) is 19.2. The molecule has 0 unspecified atom stereocenters. The molecule has 0 aliphatic carbocycles. The van der Waals surface area contributed by atoms with Gasteiger partial charge < -0.3 is 9.72 Å². The molecule has 0 amide bonds. The van der Waals surface area contributed by atoms with Crippen LogP contribution in [0.2, 0.25) is 0 Å². The molecule has 1 aliphatic heterocycles. The number of nitrogens with one attached hydrogen (secondary N) is 1. The lowest BCUT2D eigenvalue weighted by molar-refractivity contribution is 0.414. The van der Waals surface area contributed by atoms with Crippen LogP contribution in [0.25, 0.3) is 0 Å². The van der Waals surface area contributed by atoms with Gasteiger partial charge in [-0.25, -0.2) is 0 Å². The number of hydrogen-bond donors (Lipinski definition) is 1. The summed E-state index contributed by atoms with van der Waals surface area (Å²) >= 11 is 3.82. The summed E-state index contributed by atoms with van der Waals surface area (Å²) < 4.78 is 5.15. The van der Waals surface area contributed by atoms with E-state index in [1.807, 2.05) is 41.9 Å². The quantitative estimate of drug-likeness (QED) is 0.723. The number of aromatic nitrogens is 1. The zero-order valence-corrected chi connectivity index (χ0v) is 13.7. The van der Waals surface area contributed by atoms with Crippen molar-refractivity contribution in [3.63, 3.8) is 0 Å². The van der Waals surface area contributed by atoms with Crippen LogP contribution in [0, 0.1) is 0 Å². The molecule has 0 atom stereocenters. The fourth-order valence-corrected chi connectivity index (χ4v) is 5.89. The Morgan fingerprint density at radius 2 is 1.55 bits per heavy atom. The van der Waals surface area contributed by atoms with E-state index in [-0.39, 0.29) is 4.08 Å². The predicted molar refractivity (Wildman–Crippen MR) is 92.7 cm³/mol. The molecule has 0 fully saturated rings. The fraction of sp³-hybridized carbons (Fsp3) is 0.111. The van der Waals surface area contributed by atoms with Crippen LogP contribution in [0.1, 0.15) is 11.1 Å². The van der Waals surface area contributed by atoms with Gasteiger partial charge >= 0.3 is 0 Å².